The molecule has 26 heavy (non-hydrogen) atoms. The van der Waals surface area contributed by atoms with Gasteiger partial charge in [-0.15, -0.1) is 0 Å². The van der Waals surface area contributed by atoms with Gasteiger partial charge < -0.3 is 19.3 Å². The summed E-state index contributed by atoms with van der Waals surface area (Å²) in [5.74, 6) is 0. The second-order valence-electron chi connectivity index (χ2n) is 6.69. The molecule has 1 fully saturated rings. The Kier molecular flexibility index (Phi) is 6.64. The van der Waals surface area contributed by atoms with Gasteiger partial charge in [-0.2, -0.15) is 26.3 Å². The molecule has 1 aliphatic rings. The van der Waals surface area contributed by atoms with Crippen molar-refractivity contribution in [1.29, 1.82) is 0 Å². The standard InChI is InChI=1S/C14H20F6N2O4/c1-12(2,3)26-11(24)22-6-4-21(5-7-22)10(23)25-9(14(18,19)20)8-13(15,16)17/h9H,4-8H2,1-3H3. The number of hydrogen-bond donors (Lipinski definition) is 0. The average Bonchev–Trinajstić information content (AvgIpc) is 2.42. The minimum Gasteiger partial charge on any atom is -0.444 e. The second-order valence-corrected chi connectivity index (χ2v) is 6.69. The lowest BCUT2D eigenvalue weighted by molar-refractivity contribution is -0.242. The smallest absolute Gasteiger partial charge is 0.425 e. The normalized spacial score (nSPS) is 17.7. The van der Waals surface area contributed by atoms with Crippen LogP contribution in [0.3, 0.4) is 0 Å². The second kappa shape index (κ2) is 7.78. The van der Waals surface area contributed by atoms with Gasteiger partial charge in [-0.1, -0.05) is 0 Å². The summed E-state index contributed by atoms with van der Waals surface area (Å²) in [6.07, 6.45) is -18.3. The summed E-state index contributed by atoms with van der Waals surface area (Å²) in [6.45, 7) is 4.49. The van der Waals surface area contributed by atoms with Gasteiger partial charge in [0.05, 0.1) is 6.42 Å². The van der Waals surface area contributed by atoms with E-state index in [0.29, 0.717) is 0 Å². The van der Waals surface area contributed by atoms with E-state index in [9.17, 15) is 35.9 Å². The first-order chi connectivity index (χ1) is 11.6. The molecule has 0 aromatic heterocycles. The predicted molar refractivity (Wildman–Crippen MR) is 76.4 cm³/mol. The van der Waals surface area contributed by atoms with Crippen molar-refractivity contribution in [3.05, 3.63) is 0 Å². The highest BCUT2D eigenvalue weighted by Crippen LogP contribution is 2.33. The number of rotatable bonds is 2. The molecule has 0 N–H and O–H groups in total. The van der Waals surface area contributed by atoms with E-state index in [1.165, 1.54) is 4.90 Å². The topological polar surface area (TPSA) is 59.1 Å². The van der Waals surface area contributed by atoms with Crippen LogP contribution in [0.1, 0.15) is 27.2 Å². The number of hydrogen-bond acceptors (Lipinski definition) is 4. The zero-order valence-electron chi connectivity index (χ0n) is 14.4. The number of nitrogens with zero attached hydrogens (tertiary/aromatic N) is 2. The van der Waals surface area contributed by atoms with Crippen LogP contribution in [0.2, 0.25) is 0 Å². The fourth-order valence-corrected chi connectivity index (χ4v) is 2.03. The summed E-state index contributed by atoms with van der Waals surface area (Å²) in [5, 5.41) is 0. The molecule has 1 unspecified atom stereocenters. The number of piperazine rings is 1. The number of alkyl halides is 6. The average molecular weight is 394 g/mol. The van der Waals surface area contributed by atoms with Crippen LogP contribution in [0.4, 0.5) is 35.9 Å². The van der Waals surface area contributed by atoms with Gasteiger partial charge in [-0.3, -0.25) is 0 Å². The fourth-order valence-electron chi connectivity index (χ4n) is 2.03. The van der Waals surface area contributed by atoms with E-state index < -0.39 is 42.7 Å². The van der Waals surface area contributed by atoms with Crippen LogP contribution < -0.4 is 0 Å². The van der Waals surface area contributed by atoms with Gasteiger partial charge in [0, 0.05) is 26.2 Å². The third kappa shape index (κ3) is 7.56. The largest absolute Gasteiger partial charge is 0.444 e. The van der Waals surface area contributed by atoms with E-state index in [4.69, 9.17) is 4.74 Å². The Morgan fingerprint density at radius 2 is 1.31 bits per heavy atom. The lowest BCUT2D eigenvalue weighted by Gasteiger charge is -2.35. The first-order valence-electron chi connectivity index (χ1n) is 7.65. The molecule has 0 aromatic rings. The van der Waals surface area contributed by atoms with Crippen molar-refractivity contribution < 1.29 is 45.4 Å². The van der Waals surface area contributed by atoms with Crippen LogP contribution >= 0.6 is 0 Å². The van der Waals surface area contributed by atoms with Gasteiger partial charge in [-0.05, 0) is 20.8 Å². The number of ether oxygens (including phenoxy) is 2. The van der Waals surface area contributed by atoms with Crippen LogP contribution in [-0.2, 0) is 9.47 Å². The molecular weight excluding hydrogens is 374 g/mol. The van der Waals surface area contributed by atoms with E-state index >= 15 is 0 Å². The van der Waals surface area contributed by atoms with Crippen LogP contribution in [0, 0.1) is 0 Å². The van der Waals surface area contributed by atoms with Crippen molar-refractivity contribution in [2.75, 3.05) is 26.2 Å². The van der Waals surface area contributed by atoms with Crippen molar-refractivity contribution in [2.45, 2.75) is 51.2 Å². The molecule has 12 heteroatoms. The molecule has 1 rings (SSSR count). The summed E-state index contributed by atoms with van der Waals surface area (Å²) >= 11 is 0. The predicted octanol–water partition coefficient (Wildman–Crippen LogP) is 3.56. The monoisotopic (exact) mass is 394 g/mol. The van der Waals surface area contributed by atoms with Crippen molar-refractivity contribution in [3.8, 4) is 0 Å². The molecule has 0 bridgehead atoms. The van der Waals surface area contributed by atoms with Crippen molar-refractivity contribution in [2.24, 2.45) is 0 Å². The van der Waals surface area contributed by atoms with Gasteiger partial charge in [0.15, 0.2) is 0 Å². The quantitative estimate of drug-likeness (QED) is 0.672. The Morgan fingerprint density at radius 3 is 1.65 bits per heavy atom. The Morgan fingerprint density at radius 1 is 0.885 bits per heavy atom. The Bertz CT molecular complexity index is 507. The number of carbonyl (C=O) groups excluding carboxylic acids is 2. The highest BCUT2D eigenvalue weighted by molar-refractivity contribution is 5.70. The molecule has 0 aliphatic carbocycles. The minimum absolute atomic E-state index is 0.0417. The maximum absolute atomic E-state index is 12.6. The molecule has 2 amide bonds. The van der Waals surface area contributed by atoms with E-state index in [-0.39, 0.29) is 26.2 Å². The molecule has 1 heterocycles. The molecule has 0 saturated carbocycles. The third-order valence-corrected chi connectivity index (χ3v) is 3.21. The van der Waals surface area contributed by atoms with Crippen LogP contribution in [0.15, 0.2) is 0 Å². The highest BCUT2D eigenvalue weighted by atomic mass is 19.4. The fraction of sp³-hybridized carbons (Fsp3) is 0.857. The summed E-state index contributed by atoms with van der Waals surface area (Å²) < 4.78 is 83.8. The van der Waals surface area contributed by atoms with Gasteiger partial charge in [0.2, 0.25) is 6.10 Å². The first-order valence-corrected chi connectivity index (χ1v) is 7.65. The van der Waals surface area contributed by atoms with E-state index in [1.54, 1.807) is 20.8 Å². The Balaban J connectivity index is 2.60. The van der Waals surface area contributed by atoms with Gasteiger partial charge in [0.1, 0.15) is 5.60 Å². The summed E-state index contributed by atoms with van der Waals surface area (Å²) in [4.78, 5) is 25.7. The van der Waals surface area contributed by atoms with Gasteiger partial charge in [0.25, 0.3) is 0 Å². The maximum Gasteiger partial charge on any atom is 0.425 e. The van der Waals surface area contributed by atoms with E-state index in [0.717, 1.165) is 4.90 Å². The molecule has 6 nitrogen and oxygen atoms in total. The zero-order chi connectivity index (χ0) is 20.3. The molecule has 1 aliphatic heterocycles. The molecule has 1 saturated heterocycles. The number of carbonyl (C=O) groups is 2. The van der Waals surface area contributed by atoms with Gasteiger partial charge in [-0.25, -0.2) is 9.59 Å². The lowest BCUT2D eigenvalue weighted by atomic mass is 10.2. The lowest BCUT2D eigenvalue weighted by Crippen LogP contribution is -2.53. The minimum atomic E-state index is -5.34. The maximum atomic E-state index is 12.6. The molecule has 0 radical (unpaired) electrons. The molecule has 152 valence electrons. The van der Waals surface area contributed by atoms with Crippen molar-refractivity contribution in [3.63, 3.8) is 0 Å². The van der Waals surface area contributed by atoms with Crippen molar-refractivity contribution >= 4 is 12.2 Å². The molecule has 0 spiro atoms. The van der Waals surface area contributed by atoms with Crippen LogP contribution in [0.5, 0.6) is 0 Å². The summed E-state index contributed by atoms with van der Waals surface area (Å²) in [7, 11) is 0. The van der Waals surface area contributed by atoms with E-state index in [1.807, 2.05) is 0 Å². The summed E-state index contributed by atoms with van der Waals surface area (Å²) in [5.41, 5.74) is -0.745. The van der Waals surface area contributed by atoms with Crippen molar-refractivity contribution in [1.82, 2.24) is 9.80 Å². The Labute approximate surface area is 146 Å². The third-order valence-electron chi connectivity index (χ3n) is 3.21. The molecular formula is C14H20F6N2O4. The van der Waals surface area contributed by atoms with Crippen LogP contribution in [0.25, 0.3) is 0 Å². The first kappa shape index (κ1) is 22.2. The zero-order valence-corrected chi connectivity index (χ0v) is 14.4. The van der Waals surface area contributed by atoms with Gasteiger partial charge >= 0.3 is 24.5 Å². The van der Waals surface area contributed by atoms with Crippen LogP contribution in [-0.4, -0.2) is 72.2 Å². The van der Waals surface area contributed by atoms with E-state index in [2.05, 4.69) is 4.74 Å². The number of halogens is 6. The highest BCUT2D eigenvalue weighted by Gasteiger charge is 2.50. The SMILES string of the molecule is CC(C)(C)OC(=O)N1CCN(C(=O)OC(CC(F)(F)F)C(F)(F)F)CC1. The Hall–Kier alpha value is -1.88. The summed E-state index contributed by atoms with van der Waals surface area (Å²) in [6, 6.07) is 0. The number of amides is 2. The molecule has 0 aromatic carbocycles. The molecule has 1 atom stereocenters.